The summed E-state index contributed by atoms with van der Waals surface area (Å²) in [5, 5.41) is 1.13. The average molecular weight is 329 g/mol. The van der Waals surface area contributed by atoms with Crippen LogP contribution in [0.5, 0.6) is 0 Å². The maximum atomic E-state index is 12.0. The van der Waals surface area contributed by atoms with Gasteiger partial charge in [-0.2, -0.15) is 0 Å². The molecule has 0 radical (unpaired) electrons. The van der Waals surface area contributed by atoms with Gasteiger partial charge in [-0.25, -0.2) is 4.79 Å². The summed E-state index contributed by atoms with van der Waals surface area (Å²) in [6.45, 7) is 8.84. The van der Waals surface area contributed by atoms with Crippen molar-refractivity contribution in [1.29, 1.82) is 0 Å². The van der Waals surface area contributed by atoms with Crippen LogP contribution in [-0.2, 0) is 4.74 Å². The summed E-state index contributed by atoms with van der Waals surface area (Å²) in [6, 6.07) is 0. The normalized spacial score (nSPS) is 22.4. The van der Waals surface area contributed by atoms with Gasteiger partial charge < -0.3 is 15.4 Å². The first-order valence-corrected chi connectivity index (χ1v) is 9.42. The SMILES string of the molecule is CCOC(=O)c1sc(N2CCC(C)C(C)C2)c(SC)c1N. The summed E-state index contributed by atoms with van der Waals surface area (Å²) in [4.78, 5) is 16.0. The number of esters is 1. The molecule has 2 atom stereocenters. The fraction of sp³-hybridized carbons (Fsp3) is 0.667. The Balaban J connectivity index is 2.31. The zero-order chi connectivity index (χ0) is 15.6. The number of ether oxygens (including phenoxy) is 1. The maximum absolute atomic E-state index is 12.0. The van der Waals surface area contributed by atoms with E-state index in [1.807, 2.05) is 13.2 Å². The first kappa shape index (κ1) is 16.5. The van der Waals surface area contributed by atoms with Gasteiger partial charge in [0, 0.05) is 13.1 Å². The first-order chi connectivity index (χ1) is 9.99. The Hall–Kier alpha value is -0.880. The molecule has 2 N–H and O–H groups in total. The number of carbonyl (C=O) groups excluding carboxylic acids is 1. The number of thioether (sulfide) groups is 1. The molecule has 0 aliphatic carbocycles. The molecule has 6 heteroatoms. The summed E-state index contributed by atoms with van der Waals surface area (Å²) in [7, 11) is 0. The molecule has 2 unspecified atom stereocenters. The lowest BCUT2D eigenvalue weighted by Gasteiger charge is -2.36. The number of nitrogen functional groups attached to an aromatic ring is 1. The molecule has 2 rings (SSSR count). The van der Waals surface area contributed by atoms with Gasteiger partial charge in [0.05, 0.1) is 17.2 Å². The van der Waals surface area contributed by atoms with Crippen LogP contribution in [0.25, 0.3) is 0 Å². The van der Waals surface area contributed by atoms with E-state index < -0.39 is 0 Å². The fourth-order valence-corrected chi connectivity index (χ4v) is 4.73. The molecule has 0 aromatic carbocycles. The minimum absolute atomic E-state index is 0.306. The second-order valence-electron chi connectivity index (χ2n) is 5.59. The number of anilines is 2. The molecular weight excluding hydrogens is 304 g/mol. The van der Waals surface area contributed by atoms with Crippen molar-refractivity contribution in [2.24, 2.45) is 11.8 Å². The Morgan fingerprint density at radius 1 is 1.48 bits per heavy atom. The van der Waals surface area contributed by atoms with Crippen LogP contribution in [0.15, 0.2) is 4.90 Å². The molecular formula is C15H24N2O2S2. The highest BCUT2D eigenvalue weighted by Crippen LogP contribution is 2.45. The lowest BCUT2D eigenvalue weighted by Crippen LogP contribution is -2.38. The van der Waals surface area contributed by atoms with Crippen LogP contribution in [0.4, 0.5) is 10.7 Å². The van der Waals surface area contributed by atoms with E-state index in [0.717, 1.165) is 28.9 Å². The van der Waals surface area contributed by atoms with Gasteiger partial charge in [-0.3, -0.25) is 0 Å². The van der Waals surface area contributed by atoms with Gasteiger partial charge in [0.15, 0.2) is 0 Å². The molecule has 4 nitrogen and oxygen atoms in total. The van der Waals surface area contributed by atoms with Crippen LogP contribution in [0, 0.1) is 11.8 Å². The summed E-state index contributed by atoms with van der Waals surface area (Å²) in [5.74, 6) is 1.10. The van der Waals surface area contributed by atoms with E-state index in [1.165, 1.54) is 17.8 Å². The second-order valence-corrected chi connectivity index (χ2v) is 7.41. The number of nitrogens with two attached hydrogens (primary N) is 1. The molecule has 1 aliphatic heterocycles. The van der Waals surface area contributed by atoms with Gasteiger partial charge in [-0.05, 0) is 31.4 Å². The topological polar surface area (TPSA) is 55.6 Å². The lowest BCUT2D eigenvalue weighted by molar-refractivity contribution is 0.0533. The van der Waals surface area contributed by atoms with Crippen molar-refractivity contribution < 1.29 is 9.53 Å². The van der Waals surface area contributed by atoms with E-state index in [9.17, 15) is 4.79 Å². The van der Waals surface area contributed by atoms with E-state index in [0.29, 0.717) is 23.1 Å². The molecule has 0 spiro atoms. The van der Waals surface area contributed by atoms with Crippen molar-refractivity contribution >= 4 is 39.8 Å². The Morgan fingerprint density at radius 3 is 2.76 bits per heavy atom. The minimum Gasteiger partial charge on any atom is -0.462 e. The third-order valence-electron chi connectivity index (χ3n) is 4.17. The Bertz CT molecular complexity index is 516. The van der Waals surface area contributed by atoms with Crippen molar-refractivity contribution in [2.45, 2.75) is 32.1 Å². The minimum atomic E-state index is -0.306. The van der Waals surface area contributed by atoms with E-state index in [1.54, 1.807) is 11.8 Å². The predicted molar refractivity (Wildman–Crippen MR) is 91.6 cm³/mol. The second kappa shape index (κ2) is 6.92. The monoisotopic (exact) mass is 328 g/mol. The van der Waals surface area contributed by atoms with Crippen LogP contribution < -0.4 is 10.6 Å². The number of piperidine rings is 1. The quantitative estimate of drug-likeness (QED) is 0.674. The zero-order valence-corrected chi connectivity index (χ0v) is 14.8. The third kappa shape index (κ3) is 3.31. The molecule has 1 aromatic rings. The number of hydrogen-bond acceptors (Lipinski definition) is 6. The van der Waals surface area contributed by atoms with Crippen LogP contribution >= 0.6 is 23.1 Å². The van der Waals surface area contributed by atoms with Gasteiger partial charge in [0.2, 0.25) is 0 Å². The van der Waals surface area contributed by atoms with Crippen molar-refractivity contribution in [1.82, 2.24) is 0 Å². The van der Waals surface area contributed by atoms with Crippen molar-refractivity contribution in [2.75, 3.05) is 36.6 Å². The van der Waals surface area contributed by atoms with Crippen LogP contribution in [0.2, 0.25) is 0 Å². The highest BCUT2D eigenvalue weighted by atomic mass is 32.2. The molecule has 2 heterocycles. The van der Waals surface area contributed by atoms with Crippen molar-refractivity contribution in [3.8, 4) is 0 Å². The Labute approximate surface area is 135 Å². The molecule has 0 bridgehead atoms. The fourth-order valence-electron chi connectivity index (χ4n) is 2.62. The molecule has 21 heavy (non-hydrogen) atoms. The van der Waals surface area contributed by atoms with Crippen LogP contribution in [-0.4, -0.2) is 31.9 Å². The van der Waals surface area contributed by atoms with E-state index in [-0.39, 0.29) is 5.97 Å². The van der Waals surface area contributed by atoms with Gasteiger partial charge in [0.1, 0.15) is 9.88 Å². The van der Waals surface area contributed by atoms with Gasteiger partial charge in [-0.1, -0.05) is 13.8 Å². The summed E-state index contributed by atoms with van der Waals surface area (Å²) in [5.41, 5.74) is 6.75. The number of rotatable bonds is 4. The van der Waals surface area contributed by atoms with E-state index in [4.69, 9.17) is 10.5 Å². The van der Waals surface area contributed by atoms with E-state index >= 15 is 0 Å². The highest BCUT2D eigenvalue weighted by Gasteiger charge is 2.29. The molecule has 0 amide bonds. The molecule has 1 fully saturated rings. The standard InChI is InChI=1S/C15H24N2O2S2/c1-5-19-15(18)13-11(16)12(20-4)14(21-13)17-7-6-9(2)10(3)8-17/h9-10H,5-8,16H2,1-4H3. The summed E-state index contributed by atoms with van der Waals surface area (Å²) in [6.07, 6.45) is 3.19. The van der Waals surface area contributed by atoms with Gasteiger partial charge in [0.25, 0.3) is 0 Å². The molecule has 1 saturated heterocycles. The van der Waals surface area contributed by atoms with Crippen molar-refractivity contribution in [3.63, 3.8) is 0 Å². The largest absolute Gasteiger partial charge is 0.462 e. The molecule has 1 aromatic heterocycles. The molecule has 0 saturated carbocycles. The zero-order valence-electron chi connectivity index (χ0n) is 13.1. The number of carbonyl (C=O) groups is 1. The molecule has 1 aliphatic rings. The number of hydrogen-bond donors (Lipinski definition) is 1. The van der Waals surface area contributed by atoms with Crippen LogP contribution in [0.1, 0.15) is 36.9 Å². The third-order valence-corrected chi connectivity index (χ3v) is 6.37. The predicted octanol–water partition coefficient (Wildman–Crippen LogP) is 3.71. The van der Waals surface area contributed by atoms with E-state index in [2.05, 4.69) is 18.7 Å². The van der Waals surface area contributed by atoms with Gasteiger partial charge >= 0.3 is 5.97 Å². The summed E-state index contributed by atoms with van der Waals surface area (Å²) >= 11 is 3.08. The highest BCUT2D eigenvalue weighted by molar-refractivity contribution is 7.99. The smallest absolute Gasteiger partial charge is 0.350 e. The number of nitrogens with zero attached hydrogens (tertiary/aromatic N) is 1. The molecule has 118 valence electrons. The lowest BCUT2D eigenvalue weighted by atomic mass is 9.89. The average Bonchev–Trinajstić information content (AvgIpc) is 2.79. The van der Waals surface area contributed by atoms with Gasteiger partial charge in [-0.15, -0.1) is 23.1 Å². The van der Waals surface area contributed by atoms with Crippen LogP contribution in [0.3, 0.4) is 0 Å². The number of thiophene rings is 1. The maximum Gasteiger partial charge on any atom is 0.350 e. The van der Waals surface area contributed by atoms with Crippen molar-refractivity contribution in [3.05, 3.63) is 4.88 Å². The Kier molecular flexibility index (Phi) is 5.43. The Morgan fingerprint density at radius 2 is 2.19 bits per heavy atom. The first-order valence-electron chi connectivity index (χ1n) is 7.37. The summed E-state index contributed by atoms with van der Waals surface area (Å²) < 4.78 is 5.11.